The number of amides is 1. The molecular formula is C23H18FNO3. The highest BCUT2D eigenvalue weighted by atomic mass is 19.1. The molecule has 0 aliphatic rings. The molecule has 3 aromatic carbocycles. The van der Waals surface area contributed by atoms with Crippen molar-refractivity contribution in [1.29, 1.82) is 0 Å². The van der Waals surface area contributed by atoms with Crippen molar-refractivity contribution in [3.05, 3.63) is 108 Å². The molecule has 0 saturated heterocycles. The number of rotatable bonds is 6. The minimum Gasteiger partial charge on any atom is -0.444 e. The van der Waals surface area contributed by atoms with Gasteiger partial charge in [0.2, 0.25) is 6.10 Å². The van der Waals surface area contributed by atoms with Gasteiger partial charge in [-0.05, 0) is 35.9 Å². The minimum absolute atomic E-state index is 0.406. The zero-order chi connectivity index (χ0) is 19.8. The van der Waals surface area contributed by atoms with Crippen LogP contribution in [0, 0.1) is 5.82 Å². The fourth-order valence-electron chi connectivity index (χ4n) is 2.53. The monoisotopic (exact) mass is 375 g/mol. The molecule has 140 valence electrons. The first kappa shape index (κ1) is 19.0. The van der Waals surface area contributed by atoms with Crippen molar-refractivity contribution < 1.29 is 18.7 Å². The van der Waals surface area contributed by atoms with E-state index < -0.39 is 23.8 Å². The number of hydrogen-bond donors (Lipinski definition) is 1. The quantitative estimate of drug-likeness (QED) is 0.499. The fourth-order valence-corrected chi connectivity index (χ4v) is 2.53. The van der Waals surface area contributed by atoms with Gasteiger partial charge in [-0.1, -0.05) is 60.7 Å². The Morgan fingerprint density at radius 3 is 2.11 bits per heavy atom. The molecule has 0 aromatic heterocycles. The molecule has 1 N–H and O–H groups in total. The molecule has 0 radical (unpaired) electrons. The van der Waals surface area contributed by atoms with Gasteiger partial charge in [0.1, 0.15) is 5.82 Å². The van der Waals surface area contributed by atoms with E-state index in [2.05, 4.69) is 5.32 Å². The summed E-state index contributed by atoms with van der Waals surface area (Å²) in [5, 5.41) is 2.64. The number of carbonyl (C=O) groups excluding carboxylic acids is 2. The van der Waals surface area contributed by atoms with Crippen molar-refractivity contribution in [2.45, 2.75) is 6.10 Å². The molecule has 0 bridgehead atoms. The number of nitrogens with one attached hydrogen (secondary N) is 1. The van der Waals surface area contributed by atoms with Gasteiger partial charge in [0.25, 0.3) is 5.91 Å². The van der Waals surface area contributed by atoms with Gasteiger partial charge in [0.15, 0.2) is 0 Å². The third kappa shape index (κ3) is 5.38. The predicted octanol–water partition coefficient (Wildman–Crippen LogP) is 4.76. The average Bonchev–Trinajstić information content (AvgIpc) is 2.73. The Morgan fingerprint density at radius 1 is 0.857 bits per heavy atom. The summed E-state index contributed by atoms with van der Waals surface area (Å²) in [6.45, 7) is 0. The van der Waals surface area contributed by atoms with Crippen molar-refractivity contribution in [2.24, 2.45) is 0 Å². The Kier molecular flexibility index (Phi) is 6.31. The minimum atomic E-state index is -1.14. The Labute approximate surface area is 162 Å². The summed E-state index contributed by atoms with van der Waals surface area (Å²) in [4.78, 5) is 25.0. The van der Waals surface area contributed by atoms with Gasteiger partial charge in [0.05, 0.1) is 0 Å². The first-order valence-electron chi connectivity index (χ1n) is 8.67. The van der Waals surface area contributed by atoms with Crippen molar-refractivity contribution >= 4 is 23.6 Å². The molecule has 4 nitrogen and oxygen atoms in total. The maximum absolute atomic E-state index is 13.1. The van der Waals surface area contributed by atoms with Crippen LogP contribution in [0.2, 0.25) is 0 Å². The van der Waals surface area contributed by atoms with Gasteiger partial charge in [0, 0.05) is 17.3 Å². The Morgan fingerprint density at radius 2 is 1.46 bits per heavy atom. The van der Waals surface area contributed by atoms with Gasteiger partial charge in [-0.3, -0.25) is 4.79 Å². The van der Waals surface area contributed by atoms with Crippen LogP contribution in [-0.4, -0.2) is 11.9 Å². The van der Waals surface area contributed by atoms with Crippen LogP contribution in [0.1, 0.15) is 17.2 Å². The number of anilines is 1. The second-order valence-corrected chi connectivity index (χ2v) is 5.97. The summed E-state index contributed by atoms with van der Waals surface area (Å²) in [6.07, 6.45) is 1.75. The maximum atomic E-state index is 13.1. The van der Waals surface area contributed by atoms with E-state index in [1.54, 1.807) is 36.4 Å². The molecule has 1 amide bonds. The SMILES string of the molecule is O=C(/C=C/c1ccccc1)O[C@@H](C(=O)Nc1ccc(F)cc1)c1ccccc1. The lowest BCUT2D eigenvalue weighted by atomic mass is 10.1. The molecule has 0 unspecified atom stereocenters. The summed E-state index contributed by atoms with van der Waals surface area (Å²) in [5.41, 5.74) is 1.78. The summed E-state index contributed by atoms with van der Waals surface area (Å²) in [7, 11) is 0. The number of hydrogen-bond acceptors (Lipinski definition) is 3. The van der Waals surface area contributed by atoms with Crippen LogP contribution in [0.4, 0.5) is 10.1 Å². The molecule has 0 heterocycles. The Hall–Kier alpha value is -3.73. The van der Waals surface area contributed by atoms with E-state index >= 15 is 0 Å². The highest BCUT2D eigenvalue weighted by molar-refractivity contribution is 5.97. The number of carbonyl (C=O) groups is 2. The molecule has 3 aromatic rings. The van der Waals surface area contributed by atoms with Crippen molar-refractivity contribution in [1.82, 2.24) is 0 Å². The zero-order valence-electron chi connectivity index (χ0n) is 14.9. The van der Waals surface area contributed by atoms with E-state index in [9.17, 15) is 14.0 Å². The lowest BCUT2D eigenvalue weighted by Crippen LogP contribution is -2.25. The van der Waals surface area contributed by atoms with Crippen LogP contribution in [-0.2, 0) is 14.3 Å². The maximum Gasteiger partial charge on any atom is 0.331 e. The Bertz CT molecular complexity index is 954. The molecule has 5 heteroatoms. The molecule has 28 heavy (non-hydrogen) atoms. The molecule has 0 aliphatic heterocycles. The van der Waals surface area contributed by atoms with Crippen molar-refractivity contribution in [3.63, 3.8) is 0 Å². The predicted molar refractivity (Wildman–Crippen MR) is 106 cm³/mol. The van der Waals surface area contributed by atoms with Gasteiger partial charge < -0.3 is 10.1 Å². The molecule has 1 atom stereocenters. The van der Waals surface area contributed by atoms with Crippen LogP contribution >= 0.6 is 0 Å². The van der Waals surface area contributed by atoms with E-state index in [0.29, 0.717) is 11.3 Å². The normalized spacial score (nSPS) is 11.8. The van der Waals surface area contributed by atoms with Crippen LogP contribution in [0.15, 0.2) is 91.0 Å². The second kappa shape index (κ2) is 9.28. The second-order valence-electron chi connectivity index (χ2n) is 5.97. The molecule has 3 rings (SSSR count). The van der Waals surface area contributed by atoms with E-state index in [1.165, 1.54) is 30.3 Å². The first-order chi connectivity index (χ1) is 13.6. The number of halogens is 1. The lowest BCUT2D eigenvalue weighted by Gasteiger charge is -2.17. The number of esters is 1. The molecular weight excluding hydrogens is 357 g/mol. The molecule has 0 aliphatic carbocycles. The topological polar surface area (TPSA) is 55.4 Å². The van der Waals surface area contributed by atoms with Crippen molar-refractivity contribution in [2.75, 3.05) is 5.32 Å². The average molecular weight is 375 g/mol. The van der Waals surface area contributed by atoms with Gasteiger partial charge in [-0.15, -0.1) is 0 Å². The summed E-state index contributed by atoms with van der Waals surface area (Å²) in [5.74, 6) is -1.58. The van der Waals surface area contributed by atoms with Gasteiger partial charge in [-0.25, -0.2) is 9.18 Å². The Balaban J connectivity index is 1.75. The van der Waals surface area contributed by atoms with E-state index in [-0.39, 0.29) is 0 Å². The summed E-state index contributed by atoms with van der Waals surface area (Å²) >= 11 is 0. The highest BCUT2D eigenvalue weighted by Gasteiger charge is 2.24. The van der Waals surface area contributed by atoms with Crippen LogP contribution in [0.25, 0.3) is 6.08 Å². The number of ether oxygens (including phenoxy) is 1. The van der Waals surface area contributed by atoms with Crippen molar-refractivity contribution in [3.8, 4) is 0 Å². The summed E-state index contributed by atoms with van der Waals surface area (Å²) in [6, 6.07) is 23.3. The highest BCUT2D eigenvalue weighted by Crippen LogP contribution is 2.21. The van der Waals surface area contributed by atoms with E-state index in [1.807, 2.05) is 30.3 Å². The molecule has 0 spiro atoms. The zero-order valence-corrected chi connectivity index (χ0v) is 14.9. The number of benzene rings is 3. The fraction of sp³-hybridized carbons (Fsp3) is 0.0435. The lowest BCUT2D eigenvalue weighted by molar-refractivity contribution is -0.149. The molecule has 0 saturated carbocycles. The van der Waals surface area contributed by atoms with E-state index in [4.69, 9.17) is 4.74 Å². The van der Waals surface area contributed by atoms with Gasteiger partial charge >= 0.3 is 5.97 Å². The summed E-state index contributed by atoms with van der Waals surface area (Å²) < 4.78 is 18.5. The largest absolute Gasteiger partial charge is 0.444 e. The third-order valence-corrected chi connectivity index (χ3v) is 3.90. The van der Waals surface area contributed by atoms with Crippen LogP contribution in [0.3, 0.4) is 0 Å². The molecule has 0 fully saturated rings. The van der Waals surface area contributed by atoms with E-state index in [0.717, 1.165) is 5.56 Å². The first-order valence-corrected chi connectivity index (χ1v) is 8.67. The van der Waals surface area contributed by atoms with Crippen LogP contribution in [0.5, 0.6) is 0 Å². The standard InChI is InChI=1S/C23H18FNO3/c24-19-12-14-20(15-13-19)25-23(27)22(18-9-5-2-6-10-18)28-21(26)16-11-17-7-3-1-4-8-17/h1-16,22H,(H,25,27)/b16-11+/t22-/m1/s1. The van der Waals surface area contributed by atoms with Gasteiger partial charge in [-0.2, -0.15) is 0 Å². The van der Waals surface area contributed by atoms with Crippen LogP contribution < -0.4 is 5.32 Å². The third-order valence-electron chi connectivity index (χ3n) is 3.90. The smallest absolute Gasteiger partial charge is 0.331 e.